The summed E-state index contributed by atoms with van der Waals surface area (Å²) >= 11 is 0. The van der Waals surface area contributed by atoms with Crippen LogP contribution in [0.25, 0.3) is 0 Å². The quantitative estimate of drug-likeness (QED) is 0.0323. The first-order valence-corrected chi connectivity index (χ1v) is 38.0. The number of aliphatic hydroxyl groups excluding tert-OH is 2. The van der Waals surface area contributed by atoms with Gasteiger partial charge in [-0.15, -0.1) is 0 Å². The molecule has 2 bridgehead atoms. The van der Waals surface area contributed by atoms with Crippen molar-refractivity contribution in [2.24, 2.45) is 52.3 Å². The van der Waals surface area contributed by atoms with Crippen LogP contribution >= 0.6 is 0 Å². The van der Waals surface area contributed by atoms with Crippen molar-refractivity contribution in [1.82, 2.24) is 9.80 Å². The van der Waals surface area contributed by atoms with Crippen LogP contribution in [0.3, 0.4) is 0 Å². The minimum absolute atomic E-state index is 0.0119. The van der Waals surface area contributed by atoms with Crippen LogP contribution in [0.1, 0.15) is 198 Å². The number of hydrogen-bond acceptors (Lipinski definition) is 23. The number of aliphatic hydroxyl groups is 3. The molecule has 24 heteroatoms. The van der Waals surface area contributed by atoms with Crippen LogP contribution in [0.15, 0.2) is 81.9 Å². The summed E-state index contributed by atoms with van der Waals surface area (Å²) in [6.07, 6.45) is 11.8. The molecule has 4 aliphatic heterocycles. The van der Waals surface area contributed by atoms with Gasteiger partial charge < -0.3 is 67.8 Å². The maximum atomic E-state index is 14.7. The van der Waals surface area contributed by atoms with Crippen molar-refractivity contribution in [2.75, 3.05) is 48.6 Å². The van der Waals surface area contributed by atoms with Crippen molar-refractivity contribution in [3.05, 3.63) is 81.9 Å². The van der Waals surface area contributed by atoms with Crippen LogP contribution in [0.5, 0.6) is 0 Å². The van der Waals surface area contributed by atoms with Crippen LogP contribution in [0.2, 0.25) is 0 Å². The smallest absolute Gasteiger partial charge is 0.340 e. The predicted molar refractivity (Wildman–Crippen MR) is 386 cm³/mol. The number of nitrogens with zero attached hydrogens (tertiary/aromatic N) is 2. The number of carbonyl (C=O) groups excluding carboxylic acids is 10. The molecule has 8 rings (SSSR count). The number of amides is 1. The Balaban J connectivity index is 0.901. The van der Waals surface area contributed by atoms with Gasteiger partial charge in [-0.25, -0.2) is 9.59 Å². The maximum Gasteiger partial charge on any atom is 0.340 e. The number of carbonyl (C=O) groups is 10. The number of rotatable bonds is 16. The lowest BCUT2D eigenvalue weighted by atomic mass is 9.53. The minimum atomic E-state index is -2.49. The first-order chi connectivity index (χ1) is 49.6. The number of ketones is 4. The lowest BCUT2D eigenvalue weighted by Gasteiger charge is -2.54. The second-order valence-corrected chi connectivity index (χ2v) is 31.8. The number of cyclic esters (lactones) is 2. The molecule has 18 atom stereocenters. The van der Waals surface area contributed by atoms with E-state index in [0.717, 1.165) is 5.57 Å². The SMILES string of the molecule is COC[C@H]1OC(=O)/C(=C/N(C)C)C2=C(O)C(=O)C3=C([C@H](OC(C)=O)CC4(C)C(OC(=O)CCCCC(=O)OC5CCC(C[C@@H](C)[C@@H]6CC(=O)[C@H](C)/C=C(\C)C(O)[C@@H](OC)C(=O)C(C)C[C@H](C)/C=C/C=C/C=C(\C)[C@@H](OC)C[C@@H]7CCC(C)C(O)(O7)C(=O)C(=O)N7CCCCC7C(=O)O6)CC5)CCC34)C21C. The highest BCUT2D eigenvalue weighted by Crippen LogP contribution is 2.64. The summed E-state index contributed by atoms with van der Waals surface area (Å²) in [4.78, 5) is 143. The van der Waals surface area contributed by atoms with E-state index in [4.69, 9.17) is 42.6 Å². The van der Waals surface area contributed by atoms with E-state index in [1.807, 2.05) is 58.1 Å². The third kappa shape index (κ3) is 19.1. The molecule has 0 aromatic carbocycles. The average molecular weight is 1470 g/mol. The summed E-state index contributed by atoms with van der Waals surface area (Å²) in [7, 11) is 7.75. The Morgan fingerprint density at radius 2 is 1.49 bits per heavy atom. The second kappa shape index (κ2) is 36.3. The molecule has 105 heavy (non-hydrogen) atoms. The Morgan fingerprint density at radius 1 is 0.800 bits per heavy atom. The van der Waals surface area contributed by atoms with Crippen molar-refractivity contribution in [2.45, 2.75) is 264 Å². The van der Waals surface area contributed by atoms with E-state index in [1.54, 1.807) is 66.8 Å². The first kappa shape index (κ1) is 83.7. The number of piperidine rings is 1. The fourth-order valence-electron chi connectivity index (χ4n) is 17.6. The fourth-order valence-corrected chi connectivity index (χ4v) is 17.6. The van der Waals surface area contributed by atoms with E-state index in [1.165, 1.54) is 32.2 Å². The topological polar surface area (TPSA) is 321 Å². The normalized spacial score (nSPS) is 37.4. The van der Waals surface area contributed by atoms with E-state index < -0.39 is 154 Å². The minimum Gasteiger partial charge on any atom is -0.504 e. The molecule has 8 aliphatic rings. The molecule has 4 heterocycles. The van der Waals surface area contributed by atoms with Gasteiger partial charge in [-0.05, 0) is 164 Å². The zero-order valence-corrected chi connectivity index (χ0v) is 64.4. The van der Waals surface area contributed by atoms with Crippen LogP contribution in [0.4, 0.5) is 0 Å². The van der Waals surface area contributed by atoms with Crippen molar-refractivity contribution in [1.29, 1.82) is 0 Å². The largest absolute Gasteiger partial charge is 0.504 e. The lowest BCUT2D eigenvalue weighted by molar-refractivity contribution is -0.265. The van der Waals surface area contributed by atoms with E-state index >= 15 is 0 Å². The van der Waals surface area contributed by atoms with Gasteiger partial charge in [0.25, 0.3) is 11.7 Å². The molecule has 1 amide bonds. The number of Topliss-reactive ketones (excluding diaryl/α,β-unsaturated/α-hetero) is 4. The Morgan fingerprint density at radius 3 is 2.13 bits per heavy atom. The highest BCUT2D eigenvalue weighted by molar-refractivity contribution is 6.39. The van der Waals surface area contributed by atoms with Gasteiger partial charge in [0.05, 0.1) is 29.8 Å². The van der Waals surface area contributed by atoms with Gasteiger partial charge in [0.15, 0.2) is 11.5 Å². The Bertz CT molecular complexity index is 3460. The van der Waals surface area contributed by atoms with Gasteiger partial charge in [0.1, 0.15) is 54.6 Å². The fraction of sp³-hybridized carbons (Fsp3) is 0.704. The molecule has 582 valence electrons. The monoisotopic (exact) mass is 1470 g/mol. The molecule has 9 unspecified atom stereocenters. The maximum absolute atomic E-state index is 14.7. The standard InChI is InChI=1S/C81H116N2O22/c1-45-23-17-16-18-24-46(2)60(98-14)40-55-31-28-51(7)81(96,105-55)75(92)76(93)83-36-22-21-25-58(83)78(95)102-61(41-59(85)47(3)38-50(6)71(89)74(99-15)70(88)49(5)37-45)48(4)39-53-29-32-54(33-30-53)101-65(86)26-19-20-27-66(87)103-63-35-34-57-67-69(62(100-52(8)84)42-79(57,63)9)80(10)64(44-97-13)104-77(94)56(43-82(11)12)68(80)73(91)72(67)90/h16-18,23-24,38,43,45,47-49,51,53-55,57-58,60-64,71,74,89,91,96H,19-22,25-37,39-42,44H2,1-15H3/b18-16+,23-17+,46-24+,50-38+,56-43+/t45-,47-,48-,49?,51?,53?,54?,55+,57?,58?,60+,61+,62-,63?,64-,71?,74+,79?,80?,81?/m1/s1. The van der Waals surface area contributed by atoms with Crippen molar-refractivity contribution >= 4 is 58.9 Å². The van der Waals surface area contributed by atoms with E-state index in [0.29, 0.717) is 101 Å². The summed E-state index contributed by atoms with van der Waals surface area (Å²) in [5.41, 5.74) is -0.373. The zero-order valence-electron chi connectivity index (χ0n) is 64.4. The van der Waals surface area contributed by atoms with Gasteiger partial charge in [-0.2, -0.15) is 0 Å². The average Bonchev–Trinajstić information content (AvgIpc) is 1.68. The third-order valence-electron chi connectivity index (χ3n) is 23.7. The van der Waals surface area contributed by atoms with E-state index in [2.05, 4.69) is 0 Å². The van der Waals surface area contributed by atoms with Crippen molar-refractivity contribution < 1.29 is 106 Å². The zero-order chi connectivity index (χ0) is 77.2. The van der Waals surface area contributed by atoms with Gasteiger partial charge in [-0.3, -0.25) is 38.4 Å². The molecule has 2 saturated carbocycles. The summed E-state index contributed by atoms with van der Waals surface area (Å²) in [6.45, 7) is 17.4. The molecule has 0 spiro atoms. The molecule has 0 radical (unpaired) electrons. The number of hydrogen-bond donors (Lipinski definition) is 3. The Labute approximate surface area is 619 Å². The molecule has 0 aromatic rings. The highest BCUT2D eigenvalue weighted by atomic mass is 16.6. The summed E-state index contributed by atoms with van der Waals surface area (Å²) < 4.78 is 53.9. The third-order valence-corrected chi connectivity index (χ3v) is 23.7. The Kier molecular flexibility index (Phi) is 28.9. The van der Waals surface area contributed by atoms with Gasteiger partial charge in [0, 0.05) is 115 Å². The number of esters is 5. The second-order valence-electron chi connectivity index (χ2n) is 31.8. The number of unbranched alkanes of at least 4 members (excludes halogenated alkanes) is 1. The molecule has 4 aliphatic carbocycles. The van der Waals surface area contributed by atoms with Crippen LogP contribution < -0.4 is 0 Å². The van der Waals surface area contributed by atoms with Crippen LogP contribution in [0, 0.1) is 52.3 Å². The predicted octanol–water partition coefficient (Wildman–Crippen LogP) is 10.0. The first-order valence-electron chi connectivity index (χ1n) is 38.0. The molecular formula is C81H116N2O22. The molecule has 5 fully saturated rings. The van der Waals surface area contributed by atoms with Gasteiger partial charge in [-0.1, -0.05) is 78.0 Å². The van der Waals surface area contributed by atoms with Crippen LogP contribution in [-0.4, -0.2) is 199 Å². The number of ether oxygens (including phenoxy) is 9. The van der Waals surface area contributed by atoms with Gasteiger partial charge in [0.2, 0.25) is 11.6 Å². The van der Waals surface area contributed by atoms with E-state index in [9.17, 15) is 63.3 Å². The lowest BCUT2D eigenvalue weighted by Crippen LogP contribution is -2.61. The van der Waals surface area contributed by atoms with Crippen LogP contribution in [-0.2, 0) is 90.6 Å². The number of methoxy groups -OCH3 is 3. The molecule has 0 aromatic heterocycles. The van der Waals surface area contributed by atoms with Crippen molar-refractivity contribution in [3.63, 3.8) is 0 Å². The van der Waals surface area contributed by atoms with Crippen molar-refractivity contribution in [3.8, 4) is 0 Å². The number of fused-ring (bicyclic) bond motifs is 7. The molecule has 24 nitrogen and oxygen atoms in total. The molecule has 3 saturated heterocycles. The Hall–Kier alpha value is -6.96. The molecular weight excluding hydrogens is 1350 g/mol. The highest BCUT2D eigenvalue weighted by Gasteiger charge is 2.65. The summed E-state index contributed by atoms with van der Waals surface area (Å²) in [5, 5.41) is 35.7. The number of allylic oxidation sites excluding steroid dienone is 7. The van der Waals surface area contributed by atoms with Gasteiger partial charge >= 0.3 is 29.8 Å². The molecule has 3 N–H and O–H groups in total. The van der Waals surface area contributed by atoms with E-state index in [-0.39, 0.29) is 97.9 Å². The summed E-state index contributed by atoms with van der Waals surface area (Å²) in [5.74, 6) is -12.7. The summed E-state index contributed by atoms with van der Waals surface area (Å²) in [6, 6.07) is -1.22.